The summed E-state index contributed by atoms with van der Waals surface area (Å²) in [5, 5.41) is 10.9. The number of aryl methyl sites for hydroxylation is 1. The predicted molar refractivity (Wildman–Crippen MR) is 79.2 cm³/mol. The van der Waals surface area contributed by atoms with Gasteiger partial charge in [-0.15, -0.1) is 0 Å². The molecule has 0 saturated heterocycles. The summed E-state index contributed by atoms with van der Waals surface area (Å²) >= 11 is 6.19. The number of aliphatic hydroxyl groups excluding tert-OH is 1. The Labute approximate surface area is 120 Å². The molecule has 3 rings (SSSR count). The fourth-order valence-corrected chi connectivity index (χ4v) is 2.48. The number of aliphatic hydroxyl groups is 1. The molecule has 1 heterocycles. The fourth-order valence-electron chi connectivity index (χ4n) is 2.21. The highest BCUT2D eigenvalue weighted by molar-refractivity contribution is 6.32. The van der Waals surface area contributed by atoms with E-state index in [-0.39, 0.29) is 5.69 Å². The number of rotatable bonds is 2. The number of fused-ring (bicyclic) bond motifs is 1. The molecular formula is C15H13ClN2O2. The zero-order valence-electron chi connectivity index (χ0n) is 10.8. The van der Waals surface area contributed by atoms with Gasteiger partial charge in [0.2, 0.25) is 0 Å². The molecular weight excluding hydrogens is 276 g/mol. The summed E-state index contributed by atoms with van der Waals surface area (Å²) in [6.07, 6.45) is -0.828. The first kappa shape index (κ1) is 13.0. The van der Waals surface area contributed by atoms with Crippen LogP contribution < -0.4 is 5.69 Å². The molecule has 0 aliphatic carbocycles. The van der Waals surface area contributed by atoms with Gasteiger partial charge < -0.3 is 15.1 Å². The highest BCUT2D eigenvalue weighted by Crippen LogP contribution is 2.30. The van der Waals surface area contributed by atoms with Crippen LogP contribution in [0, 0.1) is 6.92 Å². The van der Waals surface area contributed by atoms with Gasteiger partial charge in [-0.2, -0.15) is 0 Å². The smallest absolute Gasteiger partial charge is 0.323 e. The van der Waals surface area contributed by atoms with Gasteiger partial charge in [-0.3, -0.25) is 0 Å². The van der Waals surface area contributed by atoms with E-state index in [2.05, 4.69) is 9.97 Å². The van der Waals surface area contributed by atoms with Gasteiger partial charge in [0.15, 0.2) is 0 Å². The van der Waals surface area contributed by atoms with E-state index < -0.39 is 6.10 Å². The molecule has 20 heavy (non-hydrogen) atoms. The van der Waals surface area contributed by atoms with Gasteiger partial charge in [-0.05, 0) is 24.6 Å². The first-order valence-corrected chi connectivity index (χ1v) is 6.58. The van der Waals surface area contributed by atoms with E-state index in [0.29, 0.717) is 21.6 Å². The molecule has 0 fully saturated rings. The number of imidazole rings is 1. The highest BCUT2D eigenvalue weighted by Gasteiger charge is 2.15. The zero-order valence-corrected chi connectivity index (χ0v) is 11.5. The van der Waals surface area contributed by atoms with Crippen LogP contribution in [0.4, 0.5) is 0 Å². The van der Waals surface area contributed by atoms with Crippen LogP contribution in [0.2, 0.25) is 5.02 Å². The van der Waals surface area contributed by atoms with Gasteiger partial charge >= 0.3 is 5.69 Å². The Bertz CT molecular complexity index is 818. The van der Waals surface area contributed by atoms with Crippen LogP contribution >= 0.6 is 11.6 Å². The topological polar surface area (TPSA) is 68.9 Å². The van der Waals surface area contributed by atoms with Crippen LogP contribution in [0.3, 0.4) is 0 Å². The van der Waals surface area contributed by atoms with Crippen LogP contribution in [-0.4, -0.2) is 15.1 Å². The van der Waals surface area contributed by atoms with Crippen molar-refractivity contribution in [3.05, 3.63) is 68.6 Å². The first-order chi connectivity index (χ1) is 9.54. The summed E-state index contributed by atoms with van der Waals surface area (Å²) in [5.74, 6) is 0. The summed E-state index contributed by atoms with van der Waals surface area (Å²) in [5.41, 5.74) is 3.41. The first-order valence-electron chi connectivity index (χ1n) is 6.20. The summed E-state index contributed by atoms with van der Waals surface area (Å²) < 4.78 is 0. The molecule has 102 valence electrons. The molecule has 1 atom stereocenters. The summed E-state index contributed by atoms with van der Waals surface area (Å²) in [4.78, 5) is 16.6. The Hall–Kier alpha value is -2.04. The Morgan fingerprint density at radius 3 is 2.35 bits per heavy atom. The van der Waals surface area contributed by atoms with Crippen molar-refractivity contribution in [3.63, 3.8) is 0 Å². The lowest BCUT2D eigenvalue weighted by atomic mass is 10.00. The molecule has 0 spiro atoms. The van der Waals surface area contributed by atoms with Crippen molar-refractivity contribution in [2.24, 2.45) is 0 Å². The minimum absolute atomic E-state index is 0.293. The average Bonchev–Trinajstić information content (AvgIpc) is 2.77. The molecule has 3 N–H and O–H groups in total. The average molecular weight is 289 g/mol. The predicted octanol–water partition coefficient (Wildman–Crippen LogP) is 2.90. The monoisotopic (exact) mass is 288 g/mol. The fraction of sp³-hybridized carbons (Fsp3) is 0.133. The van der Waals surface area contributed by atoms with Crippen molar-refractivity contribution in [3.8, 4) is 0 Å². The number of aromatic nitrogens is 2. The van der Waals surface area contributed by atoms with Gasteiger partial charge in [-0.25, -0.2) is 4.79 Å². The van der Waals surface area contributed by atoms with Gasteiger partial charge in [-0.1, -0.05) is 41.4 Å². The Kier molecular flexibility index (Phi) is 3.12. The molecule has 1 aromatic heterocycles. The SMILES string of the molecule is Cc1ccc(C(O)c2cc3[nH]c(=O)[nH]c3cc2Cl)cc1. The minimum Gasteiger partial charge on any atom is -0.384 e. The maximum atomic E-state index is 11.3. The maximum Gasteiger partial charge on any atom is 0.323 e. The highest BCUT2D eigenvalue weighted by atomic mass is 35.5. The van der Waals surface area contributed by atoms with Crippen LogP contribution in [0.25, 0.3) is 11.0 Å². The Morgan fingerprint density at radius 2 is 1.70 bits per heavy atom. The number of hydrogen-bond donors (Lipinski definition) is 3. The van der Waals surface area contributed by atoms with Gasteiger partial charge in [0.25, 0.3) is 0 Å². The van der Waals surface area contributed by atoms with Crippen LogP contribution in [0.15, 0.2) is 41.2 Å². The summed E-state index contributed by atoms with van der Waals surface area (Å²) in [6.45, 7) is 1.99. The number of hydrogen-bond acceptors (Lipinski definition) is 2. The van der Waals surface area contributed by atoms with Gasteiger partial charge in [0, 0.05) is 10.6 Å². The molecule has 0 saturated carbocycles. The van der Waals surface area contributed by atoms with Crippen molar-refractivity contribution in [1.82, 2.24) is 9.97 Å². The molecule has 4 nitrogen and oxygen atoms in total. The Morgan fingerprint density at radius 1 is 1.10 bits per heavy atom. The molecule has 5 heteroatoms. The maximum absolute atomic E-state index is 11.3. The normalized spacial score (nSPS) is 12.8. The van der Waals surface area contributed by atoms with E-state index in [1.807, 2.05) is 31.2 Å². The second-order valence-corrected chi connectivity index (χ2v) is 5.22. The van der Waals surface area contributed by atoms with Crippen LogP contribution in [0.1, 0.15) is 22.8 Å². The lowest BCUT2D eigenvalue weighted by Crippen LogP contribution is -2.01. The number of aromatic amines is 2. The van der Waals surface area contributed by atoms with Gasteiger partial charge in [0.1, 0.15) is 6.10 Å². The number of benzene rings is 2. The molecule has 0 aliphatic rings. The Balaban J connectivity index is 2.10. The summed E-state index contributed by atoms with van der Waals surface area (Å²) in [7, 11) is 0. The van der Waals surface area contributed by atoms with Crippen LogP contribution in [-0.2, 0) is 0 Å². The van der Waals surface area contributed by atoms with E-state index in [1.165, 1.54) is 0 Å². The van der Waals surface area contributed by atoms with E-state index in [1.54, 1.807) is 12.1 Å². The van der Waals surface area contributed by atoms with Crippen molar-refractivity contribution in [2.45, 2.75) is 13.0 Å². The van der Waals surface area contributed by atoms with E-state index in [0.717, 1.165) is 11.1 Å². The van der Waals surface area contributed by atoms with Gasteiger partial charge in [0.05, 0.1) is 11.0 Å². The lowest BCUT2D eigenvalue weighted by molar-refractivity contribution is 0.220. The standard InChI is InChI=1S/C15H13ClN2O2/c1-8-2-4-9(5-3-8)14(19)10-6-12-13(7-11(10)16)18-15(20)17-12/h2-7,14,19H,1H3,(H2,17,18,20). The number of halogens is 1. The van der Waals surface area contributed by atoms with Crippen molar-refractivity contribution in [1.29, 1.82) is 0 Å². The van der Waals surface area contributed by atoms with Crippen molar-refractivity contribution in [2.75, 3.05) is 0 Å². The molecule has 0 amide bonds. The molecule has 0 bridgehead atoms. The van der Waals surface area contributed by atoms with Crippen molar-refractivity contribution >= 4 is 22.6 Å². The van der Waals surface area contributed by atoms with Crippen LogP contribution in [0.5, 0.6) is 0 Å². The number of nitrogens with one attached hydrogen (secondary N) is 2. The van der Waals surface area contributed by atoms with E-state index in [9.17, 15) is 9.90 Å². The quantitative estimate of drug-likeness (QED) is 0.679. The second-order valence-electron chi connectivity index (χ2n) is 4.81. The molecule has 0 aliphatic heterocycles. The molecule has 0 radical (unpaired) electrons. The van der Waals surface area contributed by atoms with E-state index >= 15 is 0 Å². The summed E-state index contributed by atoms with van der Waals surface area (Å²) in [6, 6.07) is 10.9. The second kappa shape index (κ2) is 4.81. The minimum atomic E-state index is -0.828. The third kappa shape index (κ3) is 2.24. The molecule has 1 unspecified atom stereocenters. The zero-order chi connectivity index (χ0) is 14.3. The largest absolute Gasteiger partial charge is 0.384 e. The molecule has 3 aromatic rings. The molecule has 2 aromatic carbocycles. The lowest BCUT2D eigenvalue weighted by Gasteiger charge is -2.13. The van der Waals surface area contributed by atoms with Crippen molar-refractivity contribution < 1.29 is 5.11 Å². The van der Waals surface area contributed by atoms with E-state index in [4.69, 9.17) is 11.6 Å². The third-order valence-electron chi connectivity index (χ3n) is 3.32. The third-order valence-corrected chi connectivity index (χ3v) is 3.65. The number of H-pyrrole nitrogens is 2.